The molecule has 0 amide bonds. The maximum absolute atomic E-state index is 3.64. The van der Waals surface area contributed by atoms with Crippen molar-refractivity contribution in [2.24, 2.45) is 0 Å². The average Bonchev–Trinajstić information content (AvgIpc) is 3.22. The fourth-order valence-corrected chi connectivity index (χ4v) is 2.58. The molecule has 100 valence electrons. The van der Waals surface area contributed by atoms with Crippen LogP contribution in [-0.4, -0.2) is 31.6 Å². The third-order valence-corrected chi connectivity index (χ3v) is 3.96. The molecule has 1 aliphatic carbocycles. The Bertz CT molecular complexity index is 558. The first-order valence-electron chi connectivity index (χ1n) is 7.12. The van der Waals surface area contributed by atoms with Crippen LogP contribution < -0.4 is 5.32 Å². The Morgan fingerprint density at radius 2 is 1.84 bits per heavy atom. The van der Waals surface area contributed by atoms with E-state index in [1.807, 2.05) is 0 Å². The van der Waals surface area contributed by atoms with Crippen molar-refractivity contribution >= 4 is 10.8 Å². The number of fused-ring (bicyclic) bond motifs is 1. The van der Waals surface area contributed by atoms with Crippen molar-refractivity contribution in [1.82, 2.24) is 10.2 Å². The van der Waals surface area contributed by atoms with Gasteiger partial charge in [-0.15, -0.1) is 0 Å². The van der Waals surface area contributed by atoms with E-state index in [2.05, 4.69) is 66.8 Å². The Balaban J connectivity index is 1.85. The molecule has 1 atom stereocenters. The van der Waals surface area contributed by atoms with E-state index in [4.69, 9.17) is 0 Å². The zero-order valence-corrected chi connectivity index (χ0v) is 11.8. The molecule has 1 saturated carbocycles. The zero-order chi connectivity index (χ0) is 13.2. The molecular weight excluding hydrogens is 232 g/mol. The summed E-state index contributed by atoms with van der Waals surface area (Å²) in [6.07, 6.45) is 2.69. The number of benzene rings is 2. The summed E-state index contributed by atoms with van der Waals surface area (Å²) in [5.41, 5.74) is 1.40. The summed E-state index contributed by atoms with van der Waals surface area (Å²) in [7, 11) is 4.32. The maximum atomic E-state index is 3.64. The SMILES string of the molecule is CN(C)C(CNC1CC1)c1ccc2ccccc2c1. The lowest BCUT2D eigenvalue weighted by Gasteiger charge is -2.25. The molecule has 1 aliphatic rings. The van der Waals surface area contributed by atoms with Crippen LogP contribution in [0.3, 0.4) is 0 Å². The largest absolute Gasteiger partial charge is 0.312 e. The molecular formula is C17H22N2. The smallest absolute Gasteiger partial charge is 0.0467 e. The van der Waals surface area contributed by atoms with Gasteiger partial charge in [0.15, 0.2) is 0 Å². The van der Waals surface area contributed by atoms with E-state index in [9.17, 15) is 0 Å². The van der Waals surface area contributed by atoms with Crippen LogP contribution in [0.1, 0.15) is 24.4 Å². The molecule has 0 spiro atoms. The van der Waals surface area contributed by atoms with E-state index in [0.717, 1.165) is 12.6 Å². The molecule has 3 rings (SSSR count). The van der Waals surface area contributed by atoms with Crippen molar-refractivity contribution < 1.29 is 0 Å². The summed E-state index contributed by atoms with van der Waals surface area (Å²) in [5.74, 6) is 0. The van der Waals surface area contributed by atoms with Gasteiger partial charge in [0, 0.05) is 18.6 Å². The average molecular weight is 254 g/mol. The summed E-state index contributed by atoms with van der Waals surface area (Å²) < 4.78 is 0. The third-order valence-electron chi connectivity index (χ3n) is 3.96. The summed E-state index contributed by atoms with van der Waals surface area (Å²) in [6.45, 7) is 1.04. The van der Waals surface area contributed by atoms with Gasteiger partial charge in [0.2, 0.25) is 0 Å². The fourth-order valence-electron chi connectivity index (χ4n) is 2.58. The van der Waals surface area contributed by atoms with Crippen LogP contribution in [0.25, 0.3) is 10.8 Å². The number of nitrogens with zero attached hydrogens (tertiary/aromatic N) is 1. The van der Waals surface area contributed by atoms with Gasteiger partial charge in [0.1, 0.15) is 0 Å². The highest BCUT2D eigenvalue weighted by Gasteiger charge is 2.23. The third kappa shape index (κ3) is 2.96. The van der Waals surface area contributed by atoms with Gasteiger partial charge in [-0.1, -0.05) is 36.4 Å². The molecule has 0 heterocycles. The Morgan fingerprint density at radius 3 is 2.53 bits per heavy atom. The van der Waals surface area contributed by atoms with Gasteiger partial charge in [-0.25, -0.2) is 0 Å². The van der Waals surface area contributed by atoms with Gasteiger partial charge in [0.05, 0.1) is 0 Å². The second-order valence-electron chi connectivity index (χ2n) is 5.77. The molecule has 2 aromatic rings. The summed E-state index contributed by atoms with van der Waals surface area (Å²) >= 11 is 0. The predicted molar refractivity (Wildman–Crippen MR) is 81.4 cm³/mol. The lowest BCUT2D eigenvalue weighted by atomic mass is 10.0. The number of hydrogen-bond donors (Lipinski definition) is 1. The Labute approximate surface area is 115 Å². The van der Waals surface area contributed by atoms with Crippen molar-refractivity contribution in [3.05, 3.63) is 48.0 Å². The normalized spacial score (nSPS) is 17.0. The van der Waals surface area contributed by atoms with Crippen molar-refractivity contribution in [3.63, 3.8) is 0 Å². The van der Waals surface area contributed by atoms with Crippen molar-refractivity contribution in [3.8, 4) is 0 Å². The van der Waals surface area contributed by atoms with Gasteiger partial charge < -0.3 is 10.2 Å². The molecule has 1 unspecified atom stereocenters. The molecule has 0 bridgehead atoms. The Hall–Kier alpha value is -1.38. The highest BCUT2D eigenvalue weighted by molar-refractivity contribution is 5.83. The van der Waals surface area contributed by atoms with Crippen LogP contribution in [0.5, 0.6) is 0 Å². The highest BCUT2D eigenvalue weighted by atomic mass is 15.1. The topological polar surface area (TPSA) is 15.3 Å². The first-order chi connectivity index (χ1) is 9.24. The second kappa shape index (κ2) is 5.32. The van der Waals surface area contributed by atoms with Crippen LogP contribution >= 0.6 is 0 Å². The summed E-state index contributed by atoms with van der Waals surface area (Å²) in [5, 5.41) is 6.29. The minimum absolute atomic E-state index is 0.449. The van der Waals surface area contributed by atoms with E-state index in [1.165, 1.54) is 29.2 Å². The van der Waals surface area contributed by atoms with Crippen LogP contribution in [-0.2, 0) is 0 Å². The van der Waals surface area contributed by atoms with Gasteiger partial charge >= 0.3 is 0 Å². The molecule has 19 heavy (non-hydrogen) atoms. The molecule has 0 radical (unpaired) electrons. The van der Waals surface area contributed by atoms with Gasteiger partial charge in [0.25, 0.3) is 0 Å². The van der Waals surface area contributed by atoms with Crippen molar-refractivity contribution in [2.75, 3.05) is 20.6 Å². The van der Waals surface area contributed by atoms with E-state index < -0.39 is 0 Å². The fraction of sp³-hybridized carbons (Fsp3) is 0.412. The van der Waals surface area contributed by atoms with Gasteiger partial charge in [-0.2, -0.15) is 0 Å². The lowest BCUT2D eigenvalue weighted by Crippen LogP contribution is -2.32. The first-order valence-corrected chi connectivity index (χ1v) is 7.12. The van der Waals surface area contributed by atoms with E-state index in [-0.39, 0.29) is 0 Å². The van der Waals surface area contributed by atoms with E-state index >= 15 is 0 Å². The molecule has 1 N–H and O–H groups in total. The summed E-state index contributed by atoms with van der Waals surface area (Å²) in [4.78, 5) is 2.31. The number of hydrogen-bond acceptors (Lipinski definition) is 2. The Kier molecular flexibility index (Phi) is 3.54. The number of likely N-dealkylation sites (N-methyl/N-ethyl adjacent to an activating group) is 1. The predicted octanol–water partition coefficient (Wildman–Crippen LogP) is 3.19. The van der Waals surface area contributed by atoms with Crippen molar-refractivity contribution in [2.45, 2.75) is 24.9 Å². The highest BCUT2D eigenvalue weighted by Crippen LogP contribution is 2.25. The van der Waals surface area contributed by atoms with E-state index in [1.54, 1.807) is 0 Å². The monoisotopic (exact) mass is 254 g/mol. The first kappa shape index (κ1) is 12.6. The molecule has 2 heteroatoms. The van der Waals surface area contributed by atoms with Crippen LogP contribution in [0.15, 0.2) is 42.5 Å². The summed E-state index contributed by atoms with van der Waals surface area (Å²) in [6, 6.07) is 16.6. The van der Waals surface area contributed by atoms with Crippen LogP contribution in [0.4, 0.5) is 0 Å². The molecule has 0 aromatic heterocycles. The van der Waals surface area contributed by atoms with E-state index in [0.29, 0.717) is 6.04 Å². The standard InChI is InChI=1S/C17H22N2/c1-19(2)17(12-18-16-9-10-16)15-8-7-13-5-3-4-6-14(13)11-15/h3-8,11,16-18H,9-10,12H2,1-2H3. The van der Waals surface area contributed by atoms with Gasteiger partial charge in [-0.3, -0.25) is 0 Å². The van der Waals surface area contributed by atoms with Crippen molar-refractivity contribution in [1.29, 1.82) is 0 Å². The minimum atomic E-state index is 0.449. The number of rotatable bonds is 5. The quantitative estimate of drug-likeness (QED) is 0.881. The molecule has 2 nitrogen and oxygen atoms in total. The van der Waals surface area contributed by atoms with Crippen LogP contribution in [0.2, 0.25) is 0 Å². The molecule has 1 fully saturated rings. The Morgan fingerprint density at radius 1 is 1.11 bits per heavy atom. The molecule has 2 aromatic carbocycles. The molecule has 0 aliphatic heterocycles. The van der Waals surface area contributed by atoms with Gasteiger partial charge in [-0.05, 0) is 49.3 Å². The zero-order valence-electron chi connectivity index (χ0n) is 11.8. The molecule has 0 saturated heterocycles. The van der Waals surface area contributed by atoms with Crippen LogP contribution in [0, 0.1) is 0 Å². The number of nitrogens with one attached hydrogen (secondary N) is 1. The maximum Gasteiger partial charge on any atom is 0.0467 e. The lowest BCUT2D eigenvalue weighted by molar-refractivity contribution is 0.288. The second-order valence-corrected chi connectivity index (χ2v) is 5.77. The minimum Gasteiger partial charge on any atom is -0.312 e.